The number of benzene rings is 3. The van der Waals surface area contributed by atoms with Crippen LogP contribution in [0.4, 0.5) is 11.4 Å². The van der Waals surface area contributed by atoms with Gasteiger partial charge in [0.15, 0.2) is 0 Å². The van der Waals surface area contributed by atoms with Gasteiger partial charge in [-0.2, -0.15) is 0 Å². The molecule has 0 aromatic heterocycles. The first-order valence-electron chi connectivity index (χ1n) is 11.1. The Morgan fingerprint density at radius 3 is 2.00 bits per heavy atom. The van der Waals surface area contributed by atoms with E-state index >= 15 is 0 Å². The van der Waals surface area contributed by atoms with Gasteiger partial charge in [0.2, 0.25) is 5.91 Å². The van der Waals surface area contributed by atoms with Gasteiger partial charge in [-0.15, -0.1) is 0 Å². The minimum atomic E-state index is -0.708. The maximum Gasteiger partial charge on any atom is 0.255 e. The number of hydrogen-bond donors (Lipinski definition) is 0. The molecule has 164 valence electrons. The van der Waals surface area contributed by atoms with Gasteiger partial charge in [0.25, 0.3) is 5.91 Å². The van der Waals surface area contributed by atoms with Crippen molar-refractivity contribution in [1.82, 2.24) is 0 Å². The number of aryl methyl sites for hydroxylation is 3. The van der Waals surface area contributed by atoms with Gasteiger partial charge in [-0.1, -0.05) is 61.9 Å². The summed E-state index contributed by atoms with van der Waals surface area (Å²) in [6.45, 7) is 10.4. The number of carbonyl (C=O) groups is 2. The van der Waals surface area contributed by atoms with Crippen molar-refractivity contribution in [3.05, 3.63) is 94.5 Å². The number of piperazine rings is 1. The van der Waals surface area contributed by atoms with Crippen molar-refractivity contribution in [2.24, 2.45) is 0 Å². The van der Waals surface area contributed by atoms with E-state index in [0.29, 0.717) is 5.92 Å². The van der Waals surface area contributed by atoms with Crippen LogP contribution in [-0.4, -0.2) is 18.4 Å². The molecule has 1 fully saturated rings. The lowest BCUT2D eigenvalue weighted by Gasteiger charge is -2.40. The quantitative estimate of drug-likeness (QED) is 0.524. The highest BCUT2D eigenvalue weighted by atomic mass is 16.2. The maximum absolute atomic E-state index is 13.8. The van der Waals surface area contributed by atoms with Crippen LogP contribution in [0, 0.1) is 20.8 Å². The average molecular weight is 427 g/mol. The molecule has 0 spiro atoms. The molecule has 1 saturated heterocycles. The van der Waals surface area contributed by atoms with Crippen molar-refractivity contribution >= 4 is 23.2 Å². The molecule has 1 heterocycles. The Labute approximate surface area is 190 Å². The van der Waals surface area contributed by atoms with Crippen molar-refractivity contribution in [3.8, 4) is 0 Å². The Morgan fingerprint density at radius 1 is 0.781 bits per heavy atom. The molecule has 1 unspecified atom stereocenters. The van der Waals surface area contributed by atoms with Crippen molar-refractivity contribution in [2.45, 2.75) is 46.6 Å². The van der Waals surface area contributed by atoms with Crippen LogP contribution in [0.1, 0.15) is 53.6 Å². The summed E-state index contributed by atoms with van der Waals surface area (Å²) in [5.74, 6) is 0.211. The Hall–Kier alpha value is -3.40. The molecule has 2 amide bonds. The highest BCUT2D eigenvalue weighted by Crippen LogP contribution is 2.35. The minimum absolute atomic E-state index is 0.0232. The number of rotatable bonds is 4. The molecule has 0 aliphatic carbocycles. The molecular formula is C28H30N2O2. The molecule has 4 nitrogen and oxygen atoms in total. The second-order valence-corrected chi connectivity index (χ2v) is 9.02. The smallest absolute Gasteiger partial charge is 0.255 e. The van der Waals surface area contributed by atoms with E-state index in [9.17, 15) is 9.59 Å². The van der Waals surface area contributed by atoms with Gasteiger partial charge in [-0.05, 0) is 73.2 Å². The second kappa shape index (κ2) is 8.62. The first-order chi connectivity index (χ1) is 15.3. The van der Waals surface area contributed by atoms with Gasteiger partial charge in [-0.25, -0.2) is 0 Å². The summed E-state index contributed by atoms with van der Waals surface area (Å²) in [6.07, 6.45) is 0. The first kappa shape index (κ1) is 21.8. The Balaban J connectivity index is 1.81. The first-order valence-corrected chi connectivity index (χ1v) is 11.1. The highest BCUT2D eigenvalue weighted by molar-refractivity contribution is 6.14. The van der Waals surface area contributed by atoms with E-state index in [1.54, 1.807) is 9.80 Å². The highest BCUT2D eigenvalue weighted by Gasteiger charge is 2.41. The van der Waals surface area contributed by atoms with Gasteiger partial charge >= 0.3 is 0 Å². The van der Waals surface area contributed by atoms with Crippen LogP contribution in [0.3, 0.4) is 0 Å². The summed E-state index contributed by atoms with van der Waals surface area (Å²) in [6, 6.07) is 21.1. The third kappa shape index (κ3) is 4.05. The zero-order valence-corrected chi connectivity index (χ0v) is 19.4. The van der Waals surface area contributed by atoms with Gasteiger partial charge < -0.3 is 4.90 Å². The molecule has 32 heavy (non-hydrogen) atoms. The molecule has 4 heteroatoms. The summed E-state index contributed by atoms with van der Waals surface area (Å²) in [5.41, 5.74) is 6.90. The number of amides is 2. The summed E-state index contributed by atoms with van der Waals surface area (Å²) in [5, 5.41) is 0. The zero-order chi connectivity index (χ0) is 23.0. The minimum Gasteiger partial charge on any atom is -0.301 e. The fourth-order valence-electron chi connectivity index (χ4n) is 4.16. The van der Waals surface area contributed by atoms with Gasteiger partial charge in [-0.3, -0.25) is 14.5 Å². The average Bonchev–Trinajstić information content (AvgIpc) is 2.77. The molecule has 1 aliphatic heterocycles. The summed E-state index contributed by atoms with van der Waals surface area (Å²) >= 11 is 0. The van der Waals surface area contributed by atoms with E-state index in [-0.39, 0.29) is 18.4 Å². The van der Waals surface area contributed by atoms with E-state index < -0.39 is 6.04 Å². The van der Waals surface area contributed by atoms with Crippen molar-refractivity contribution < 1.29 is 9.59 Å². The Bertz CT molecular complexity index is 1150. The van der Waals surface area contributed by atoms with Crippen LogP contribution >= 0.6 is 0 Å². The molecular weight excluding hydrogens is 396 g/mol. The van der Waals surface area contributed by atoms with Crippen molar-refractivity contribution in [3.63, 3.8) is 0 Å². The largest absolute Gasteiger partial charge is 0.301 e. The van der Waals surface area contributed by atoms with E-state index in [4.69, 9.17) is 0 Å². The number of hydrogen-bond acceptors (Lipinski definition) is 2. The molecule has 0 bridgehead atoms. The zero-order valence-electron chi connectivity index (χ0n) is 19.4. The number of carbonyl (C=O) groups excluding carboxylic acids is 2. The molecule has 0 radical (unpaired) electrons. The second-order valence-electron chi connectivity index (χ2n) is 9.02. The lowest BCUT2D eigenvalue weighted by Crippen LogP contribution is -2.56. The predicted octanol–water partition coefficient (Wildman–Crippen LogP) is 5.86. The van der Waals surface area contributed by atoms with Crippen LogP contribution < -0.4 is 9.80 Å². The monoisotopic (exact) mass is 426 g/mol. The standard InChI is InChI=1S/C28H30N2O2/c1-18(2)22-9-11-23(12-10-22)27-28(32)29(24-13-6-19(3)7-14-24)17-26(31)30(27)25-15-8-20(4)21(5)16-25/h6-16,18,27H,17H2,1-5H3. The number of anilines is 2. The topological polar surface area (TPSA) is 40.6 Å². The molecule has 1 atom stereocenters. The molecule has 3 aromatic carbocycles. The van der Waals surface area contributed by atoms with Gasteiger partial charge in [0.1, 0.15) is 12.6 Å². The van der Waals surface area contributed by atoms with Crippen LogP contribution in [0.5, 0.6) is 0 Å². The lowest BCUT2D eigenvalue weighted by molar-refractivity contribution is -0.128. The summed E-state index contributed by atoms with van der Waals surface area (Å²) in [4.78, 5) is 30.6. The van der Waals surface area contributed by atoms with Gasteiger partial charge in [0, 0.05) is 11.4 Å². The SMILES string of the molecule is Cc1ccc(N2CC(=O)N(c3ccc(C)c(C)c3)C(c3ccc(C(C)C)cc3)C2=O)cc1. The van der Waals surface area contributed by atoms with Crippen LogP contribution in [0.2, 0.25) is 0 Å². The Kier molecular flexibility index (Phi) is 5.88. The van der Waals surface area contributed by atoms with Gasteiger partial charge in [0.05, 0.1) is 0 Å². The van der Waals surface area contributed by atoms with Crippen LogP contribution in [0.25, 0.3) is 0 Å². The van der Waals surface area contributed by atoms with Crippen LogP contribution in [-0.2, 0) is 9.59 Å². The van der Waals surface area contributed by atoms with E-state index in [2.05, 4.69) is 26.0 Å². The Morgan fingerprint density at radius 2 is 1.41 bits per heavy atom. The van der Waals surface area contributed by atoms with Crippen molar-refractivity contribution in [2.75, 3.05) is 16.3 Å². The molecule has 4 rings (SSSR count). The maximum atomic E-state index is 13.8. The molecule has 0 saturated carbocycles. The summed E-state index contributed by atoms with van der Waals surface area (Å²) in [7, 11) is 0. The third-order valence-electron chi connectivity index (χ3n) is 6.35. The summed E-state index contributed by atoms with van der Waals surface area (Å²) < 4.78 is 0. The van der Waals surface area contributed by atoms with Crippen LogP contribution in [0.15, 0.2) is 66.7 Å². The fraction of sp³-hybridized carbons (Fsp3) is 0.286. The molecule has 3 aromatic rings. The fourth-order valence-corrected chi connectivity index (χ4v) is 4.16. The number of nitrogens with zero attached hydrogens (tertiary/aromatic N) is 2. The molecule has 0 N–H and O–H groups in total. The normalized spacial score (nSPS) is 16.8. The van der Waals surface area contributed by atoms with Crippen molar-refractivity contribution in [1.29, 1.82) is 0 Å². The predicted molar refractivity (Wildman–Crippen MR) is 130 cm³/mol. The lowest BCUT2D eigenvalue weighted by atomic mass is 9.95. The molecule has 1 aliphatic rings. The van der Waals surface area contributed by atoms with E-state index in [0.717, 1.165) is 33.6 Å². The van der Waals surface area contributed by atoms with E-state index in [1.807, 2.05) is 75.4 Å². The third-order valence-corrected chi connectivity index (χ3v) is 6.35. The van der Waals surface area contributed by atoms with E-state index in [1.165, 1.54) is 5.56 Å².